The molecule has 2 aromatic carbocycles. The highest BCUT2D eigenvalue weighted by atomic mass is 35.5. The smallest absolute Gasteiger partial charge is 0.220 e. The number of amides is 1. The standard InChI is InChI=1S/C24H28ClN3O/c25-19-14-15-22-21(17-19)24(18-9-4-3-5-10-18)27-28(22)16-8-13-23(29)26-20-11-6-1-2-7-12-20/h3-5,9-10,14-15,17,20H,1-2,6-8,11-13,16H2,(H,26,29). The van der Waals surface area contributed by atoms with Crippen LogP contribution in [-0.2, 0) is 11.3 Å². The lowest BCUT2D eigenvalue weighted by atomic mass is 10.1. The average Bonchev–Trinajstić information content (AvgIpc) is 2.89. The number of aryl methyl sites for hydroxylation is 1. The molecule has 29 heavy (non-hydrogen) atoms. The van der Waals surface area contributed by atoms with E-state index in [-0.39, 0.29) is 5.91 Å². The first kappa shape index (κ1) is 20.0. The first-order valence-corrected chi connectivity index (χ1v) is 11.1. The van der Waals surface area contributed by atoms with Crippen LogP contribution >= 0.6 is 11.6 Å². The Bertz CT molecular complexity index is 959. The Kier molecular flexibility index (Phi) is 6.50. The summed E-state index contributed by atoms with van der Waals surface area (Å²) >= 11 is 6.25. The molecule has 0 atom stereocenters. The number of fused-ring (bicyclic) bond motifs is 1. The molecule has 1 amide bonds. The van der Waals surface area contributed by atoms with Crippen LogP contribution in [-0.4, -0.2) is 21.7 Å². The van der Waals surface area contributed by atoms with Crippen LogP contribution in [0.1, 0.15) is 51.4 Å². The SMILES string of the molecule is O=C(CCCn1nc(-c2ccccc2)c2cc(Cl)ccc21)NC1CCCCCC1. The predicted octanol–water partition coefficient (Wildman–Crippen LogP) is 5.98. The predicted molar refractivity (Wildman–Crippen MR) is 119 cm³/mol. The van der Waals surface area contributed by atoms with Gasteiger partial charge in [-0.25, -0.2) is 0 Å². The van der Waals surface area contributed by atoms with Crippen molar-refractivity contribution in [2.24, 2.45) is 0 Å². The molecular weight excluding hydrogens is 382 g/mol. The Labute approximate surface area is 177 Å². The minimum absolute atomic E-state index is 0.166. The fraction of sp³-hybridized carbons (Fsp3) is 0.417. The van der Waals surface area contributed by atoms with Crippen LogP contribution in [0.2, 0.25) is 5.02 Å². The molecule has 0 aliphatic heterocycles. The van der Waals surface area contributed by atoms with Crippen LogP contribution in [0.3, 0.4) is 0 Å². The van der Waals surface area contributed by atoms with Crippen molar-refractivity contribution in [3.63, 3.8) is 0 Å². The first-order valence-electron chi connectivity index (χ1n) is 10.7. The second-order valence-corrected chi connectivity index (χ2v) is 8.40. The minimum Gasteiger partial charge on any atom is -0.353 e. The summed E-state index contributed by atoms with van der Waals surface area (Å²) in [5, 5.41) is 9.84. The Morgan fingerprint density at radius 2 is 1.83 bits per heavy atom. The number of rotatable bonds is 6. The van der Waals surface area contributed by atoms with E-state index < -0.39 is 0 Å². The Hall–Kier alpha value is -2.33. The Balaban J connectivity index is 1.43. The molecule has 152 valence electrons. The normalized spacial score (nSPS) is 15.3. The van der Waals surface area contributed by atoms with Crippen molar-refractivity contribution in [2.45, 2.75) is 64.0 Å². The third-order valence-corrected chi connectivity index (χ3v) is 5.99. The minimum atomic E-state index is 0.166. The monoisotopic (exact) mass is 409 g/mol. The van der Waals surface area contributed by atoms with Gasteiger partial charge in [0.25, 0.3) is 0 Å². The summed E-state index contributed by atoms with van der Waals surface area (Å²) in [4.78, 5) is 12.4. The van der Waals surface area contributed by atoms with E-state index in [0.29, 0.717) is 24.0 Å². The van der Waals surface area contributed by atoms with Crippen molar-refractivity contribution in [3.8, 4) is 11.3 Å². The molecule has 1 fully saturated rings. The highest BCUT2D eigenvalue weighted by Gasteiger charge is 2.16. The summed E-state index contributed by atoms with van der Waals surface area (Å²) in [5.41, 5.74) is 3.06. The fourth-order valence-electron chi connectivity index (χ4n) is 4.24. The Morgan fingerprint density at radius 1 is 1.07 bits per heavy atom. The van der Waals surface area contributed by atoms with Gasteiger partial charge in [0.15, 0.2) is 0 Å². The van der Waals surface area contributed by atoms with E-state index >= 15 is 0 Å². The molecular formula is C24H28ClN3O. The molecule has 1 N–H and O–H groups in total. The summed E-state index contributed by atoms with van der Waals surface area (Å²) in [7, 11) is 0. The Morgan fingerprint density at radius 3 is 2.59 bits per heavy atom. The summed E-state index contributed by atoms with van der Waals surface area (Å²) in [6.45, 7) is 0.711. The molecule has 0 unspecified atom stereocenters. The molecule has 0 saturated heterocycles. The van der Waals surface area contributed by atoms with Crippen LogP contribution in [0.4, 0.5) is 0 Å². The lowest BCUT2D eigenvalue weighted by Gasteiger charge is -2.16. The quantitative estimate of drug-likeness (QED) is 0.509. The number of hydrogen-bond acceptors (Lipinski definition) is 2. The van der Waals surface area contributed by atoms with Crippen molar-refractivity contribution in [2.75, 3.05) is 0 Å². The van der Waals surface area contributed by atoms with E-state index in [1.54, 1.807) is 0 Å². The largest absolute Gasteiger partial charge is 0.353 e. The summed E-state index contributed by atoms with van der Waals surface area (Å²) in [6, 6.07) is 16.4. The van der Waals surface area contributed by atoms with Gasteiger partial charge in [0.2, 0.25) is 5.91 Å². The number of nitrogens with one attached hydrogen (secondary N) is 1. The third kappa shape index (κ3) is 4.99. The maximum absolute atomic E-state index is 12.4. The molecule has 1 heterocycles. The zero-order valence-electron chi connectivity index (χ0n) is 16.7. The van der Waals surface area contributed by atoms with Gasteiger partial charge in [-0.1, -0.05) is 67.6 Å². The van der Waals surface area contributed by atoms with Crippen LogP contribution in [0.25, 0.3) is 22.2 Å². The molecule has 0 radical (unpaired) electrons. The van der Waals surface area contributed by atoms with Gasteiger partial charge in [0, 0.05) is 35.0 Å². The molecule has 1 saturated carbocycles. The second kappa shape index (κ2) is 9.45. The van der Waals surface area contributed by atoms with E-state index in [2.05, 4.69) is 17.4 Å². The van der Waals surface area contributed by atoms with Gasteiger partial charge in [-0.05, 0) is 37.5 Å². The zero-order valence-corrected chi connectivity index (χ0v) is 17.5. The molecule has 1 aromatic heterocycles. The van der Waals surface area contributed by atoms with Gasteiger partial charge < -0.3 is 5.32 Å². The maximum Gasteiger partial charge on any atom is 0.220 e. The van der Waals surface area contributed by atoms with Crippen LogP contribution in [0, 0.1) is 0 Å². The molecule has 1 aliphatic rings. The molecule has 1 aliphatic carbocycles. The topological polar surface area (TPSA) is 46.9 Å². The van der Waals surface area contributed by atoms with Gasteiger partial charge in [-0.2, -0.15) is 5.10 Å². The van der Waals surface area contributed by atoms with E-state index in [0.717, 1.165) is 41.4 Å². The number of hydrogen-bond donors (Lipinski definition) is 1. The van der Waals surface area contributed by atoms with E-state index in [9.17, 15) is 4.79 Å². The molecule has 0 bridgehead atoms. The number of carbonyl (C=O) groups excluding carboxylic acids is 1. The number of halogens is 1. The van der Waals surface area contributed by atoms with Crippen molar-refractivity contribution < 1.29 is 4.79 Å². The lowest BCUT2D eigenvalue weighted by molar-refractivity contribution is -0.122. The summed E-state index contributed by atoms with van der Waals surface area (Å²) < 4.78 is 2.01. The lowest BCUT2D eigenvalue weighted by Crippen LogP contribution is -2.34. The van der Waals surface area contributed by atoms with Crippen LogP contribution in [0.5, 0.6) is 0 Å². The summed E-state index contributed by atoms with van der Waals surface area (Å²) in [5.74, 6) is 0.166. The average molecular weight is 410 g/mol. The molecule has 5 heteroatoms. The third-order valence-electron chi connectivity index (χ3n) is 5.75. The molecule has 0 spiro atoms. The number of nitrogens with zero attached hydrogens (tertiary/aromatic N) is 2. The summed E-state index contributed by atoms with van der Waals surface area (Å²) in [6.07, 6.45) is 8.61. The molecule has 3 aromatic rings. The maximum atomic E-state index is 12.4. The number of carbonyl (C=O) groups is 1. The number of aromatic nitrogens is 2. The van der Waals surface area contributed by atoms with E-state index in [1.807, 2.05) is 41.1 Å². The van der Waals surface area contributed by atoms with Crippen molar-refractivity contribution in [1.82, 2.24) is 15.1 Å². The molecule has 4 nitrogen and oxygen atoms in total. The van der Waals surface area contributed by atoms with Gasteiger partial charge in [-0.15, -0.1) is 0 Å². The number of benzene rings is 2. The molecule has 4 rings (SSSR count). The second-order valence-electron chi connectivity index (χ2n) is 7.96. The van der Waals surface area contributed by atoms with Crippen molar-refractivity contribution in [3.05, 3.63) is 53.6 Å². The van der Waals surface area contributed by atoms with E-state index in [1.165, 1.54) is 25.7 Å². The van der Waals surface area contributed by atoms with Gasteiger partial charge >= 0.3 is 0 Å². The van der Waals surface area contributed by atoms with Gasteiger partial charge in [0.1, 0.15) is 5.69 Å². The van der Waals surface area contributed by atoms with Crippen molar-refractivity contribution in [1.29, 1.82) is 0 Å². The zero-order chi connectivity index (χ0) is 20.1. The van der Waals surface area contributed by atoms with Gasteiger partial charge in [-0.3, -0.25) is 9.48 Å². The highest BCUT2D eigenvalue weighted by Crippen LogP contribution is 2.30. The van der Waals surface area contributed by atoms with Crippen molar-refractivity contribution >= 4 is 28.4 Å². The van der Waals surface area contributed by atoms with Crippen LogP contribution in [0.15, 0.2) is 48.5 Å². The van der Waals surface area contributed by atoms with Crippen LogP contribution < -0.4 is 5.32 Å². The highest BCUT2D eigenvalue weighted by molar-refractivity contribution is 6.31. The fourth-order valence-corrected chi connectivity index (χ4v) is 4.42. The van der Waals surface area contributed by atoms with E-state index in [4.69, 9.17) is 16.7 Å². The first-order chi connectivity index (χ1) is 14.2. The van der Waals surface area contributed by atoms with Gasteiger partial charge in [0.05, 0.1) is 5.52 Å².